The summed E-state index contributed by atoms with van der Waals surface area (Å²) in [5.74, 6) is 8.35. The van der Waals surface area contributed by atoms with Crippen molar-refractivity contribution in [2.45, 2.75) is 162 Å². The molecule has 0 aliphatic heterocycles. The zero-order chi connectivity index (χ0) is 28.4. The van der Waals surface area contributed by atoms with E-state index in [0.717, 1.165) is 51.4 Å². The molecule has 0 aromatic rings. The zero-order valence-corrected chi connectivity index (χ0v) is 27.5. The van der Waals surface area contributed by atoms with Crippen molar-refractivity contribution in [1.82, 2.24) is 0 Å². The first kappa shape index (κ1) is 30.6. The third-order valence-corrected chi connectivity index (χ3v) is 17.7. The van der Waals surface area contributed by atoms with Crippen LogP contribution in [0.25, 0.3) is 0 Å². The molecule has 4 heteroatoms. The largest absolute Gasteiger partial charge is 0.414 e. The molecule has 0 amide bonds. The normalized spacial score (nSPS) is 44.7. The number of unbranched alkanes of at least 4 members (excludes halogenated alkanes) is 2. The van der Waals surface area contributed by atoms with E-state index in [-0.39, 0.29) is 33.3 Å². The highest BCUT2D eigenvalue weighted by atomic mass is 28.4. The van der Waals surface area contributed by atoms with Crippen molar-refractivity contribution in [3.63, 3.8) is 0 Å². The van der Waals surface area contributed by atoms with Gasteiger partial charge < -0.3 is 14.6 Å². The molecule has 4 saturated carbocycles. The molecule has 2 unspecified atom stereocenters. The van der Waals surface area contributed by atoms with Gasteiger partial charge in [-0.2, -0.15) is 0 Å². The Labute approximate surface area is 236 Å². The van der Waals surface area contributed by atoms with Crippen LogP contribution in [0.1, 0.15) is 126 Å². The van der Waals surface area contributed by atoms with Crippen LogP contribution in [0.2, 0.25) is 18.1 Å². The predicted octanol–water partition coefficient (Wildman–Crippen LogP) is 8.34. The van der Waals surface area contributed by atoms with Crippen LogP contribution in [-0.4, -0.2) is 36.3 Å². The maximum Gasteiger partial charge on any atom is 0.192 e. The Balaban J connectivity index is 1.55. The maximum absolute atomic E-state index is 11.8. The summed E-state index contributed by atoms with van der Waals surface area (Å²) in [4.78, 5) is 0. The minimum Gasteiger partial charge on any atom is -0.414 e. The molecule has 4 aliphatic carbocycles. The Bertz CT molecular complexity index is 924. The summed E-state index contributed by atoms with van der Waals surface area (Å²) in [6, 6.07) is 0. The van der Waals surface area contributed by atoms with Crippen molar-refractivity contribution in [3.8, 4) is 11.8 Å². The van der Waals surface area contributed by atoms with Gasteiger partial charge in [-0.1, -0.05) is 60.8 Å². The molecule has 0 heterocycles. The molecule has 0 spiro atoms. The van der Waals surface area contributed by atoms with Gasteiger partial charge in [0.2, 0.25) is 0 Å². The highest BCUT2D eigenvalue weighted by molar-refractivity contribution is 6.74. The van der Waals surface area contributed by atoms with Crippen molar-refractivity contribution in [2.24, 2.45) is 39.9 Å². The standard InChI is InChI=1S/C34H60O3Si/c1-11-12-13-14-19-34(8,36)29-16-15-27-32(29,6)21-18-28-31(5)20-17-24(37-38(9,10)30(2,3)4)22-25(31)26(35)23-33(27,28)7/h24-29,35-36H,11-13,15-18,20-23H2,1-10H3/t24?,25-,26+,27-,28-,29+,31+,32+,33+,34?/m1/s1. The lowest BCUT2D eigenvalue weighted by Crippen LogP contribution is -2.63. The lowest BCUT2D eigenvalue weighted by molar-refractivity contribution is -0.214. The van der Waals surface area contributed by atoms with Gasteiger partial charge in [-0.3, -0.25) is 0 Å². The first-order chi connectivity index (χ1) is 17.4. The van der Waals surface area contributed by atoms with E-state index in [0.29, 0.717) is 23.9 Å². The third kappa shape index (κ3) is 4.99. The molecule has 0 radical (unpaired) electrons. The molecule has 0 saturated heterocycles. The molecule has 218 valence electrons. The second kappa shape index (κ2) is 10.2. The van der Waals surface area contributed by atoms with Crippen molar-refractivity contribution < 1.29 is 14.6 Å². The van der Waals surface area contributed by atoms with E-state index < -0.39 is 13.9 Å². The van der Waals surface area contributed by atoms with E-state index >= 15 is 0 Å². The van der Waals surface area contributed by atoms with Gasteiger partial charge in [0.05, 0.1) is 6.10 Å². The van der Waals surface area contributed by atoms with Crippen LogP contribution < -0.4 is 0 Å². The van der Waals surface area contributed by atoms with Crippen molar-refractivity contribution in [2.75, 3.05) is 0 Å². The van der Waals surface area contributed by atoms with E-state index in [2.05, 4.69) is 73.4 Å². The van der Waals surface area contributed by atoms with E-state index in [4.69, 9.17) is 4.43 Å². The topological polar surface area (TPSA) is 49.7 Å². The summed E-state index contributed by atoms with van der Waals surface area (Å²) < 4.78 is 6.92. The summed E-state index contributed by atoms with van der Waals surface area (Å²) in [5.41, 5.74) is -0.564. The van der Waals surface area contributed by atoms with Gasteiger partial charge in [-0.25, -0.2) is 0 Å². The molecule has 0 aromatic heterocycles. The number of aliphatic hydroxyl groups is 2. The lowest BCUT2D eigenvalue weighted by Gasteiger charge is -2.67. The highest BCUT2D eigenvalue weighted by Crippen LogP contribution is 2.73. The van der Waals surface area contributed by atoms with Gasteiger partial charge in [0.15, 0.2) is 8.32 Å². The second-order valence-corrected chi connectivity index (χ2v) is 21.3. The number of rotatable bonds is 5. The van der Waals surface area contributed by atoms with Gasteiger partial charge >= 0.3 is 0 Å². The smallest absolute Gasteiger partial charge is 0.192 e. The number of hydrogen-bond donors (Lipinski definition) is 2. The molecule has 4 rings (SSSR count). The molecular weight excluding hydrogens is 484 g/mol. The van der Waals surface area contributed by atoms with Crippen molar-refractivity contribution in [1.29, 1.82) is 0 Å². The Morgan fingerprint density at radius 2 is 1.55 bits per heavy atom. The predicted molar refractivity (Wildman–Crippen MR) is 161 cm³/mol. The molecule has 4 fully saturated rings. The third-order valence-electron chi connectivity index (χ3n) is 13.1. The molecule has 0 bridgehead atoms. The maximum atomic E-state index is 11.8. The average Bonchev–Trinajstić information content (AvgIpc) is 3.16. The van der Waals surface area contributed by atoms with Crippen LogP contribution in [0.3, 0.4) is 0 Å². The quantitative estimate of drug-likeness (QED) is 0.208. The number of aliphatic hydroxyl groups excluding tert-OH is 1. The van der Waals surface area contributed by atoms with Crippen molar-refractivity contribution >= 4 is 8.32 Å². The monoisotopic (exact) mass is 544 g/mol. The summed E-state index contributed by atoms with van der Waals surface area (Å²) in [7, 11) is -1.83. The minimum absolute atomic E-state index is 0.0831. The zero-order valence-electron chi connectivity index (χ0n) is 26.5. The van der Waals surface area contributed by atoms with E-state index in [9.17, 15) is 10.2 Å². The highest BCUT2D eigenvalue weighted by Gasteiger charge is 2.68. The molecule has 38 heavy (non-hydrogen) atoms. The number of fused-ring (bicyclic) bond motifs is 5. The minimum atomic E-state index is -1.83. The van der Waals surface area contributed by atoms with E-state index in [1.807, 2.05) is 6.92 Å². The van der Waals surface area contributed by atoms with Crippen LogP contribution in [-0.2, 0) is 4.43 Å². The molecular formula is C34H60O3Si. The van der Waals surface area contributed by atoms with Gasteiger partial charge in [0.1, 0.15) is 5.60 Å². The van der Waals surface area contributed by atoms with Gasteiger partial charge in [-0.05, 0) is 117 Å². The van der Waals surface area contributed by atoms with Crippen LogP contribution in [0.15, 0.2) is 0 Å². The summed E-state index contributed by atoms with van der Waals surface area (Å²) in [6.07, 6.45) is 12.0. The molecule has 2 N–H and O–H groups in total. The van der Waals surface area contributed by atoms with E-state index in [1.165, 1.54) is 19.3 Å². The van der Waals surface area contributed by atoms with Crippen LogP contribution in [0, 0.1) is 51.8 Å². The van der Waals surface area contributed by atoms with Gasteiger partial charge in [-0.15, -0.1) is 5.92 Å². The summed E-state index contributed by atoms with van der Waals surface area (Å²) in [5, 5.41) is 23.7. The van der Waals surface area contributed by atoms with E-state index in [1.54, 1.807) is 0 Å². The molecule has 4 aliphatic rings. The molecule has 3 nitrogen and oxygen atoms in total. The van der Waals surface area contributed by atoms with Crippen molar-refractivity contribution in [3.05, 3.63) is 0 Å². The lowest BCUT2D eigenvalue weighted by atomic mass is 9.38. The van der Waals surface area contributed by atoms with Crippen LogP contribution in [0.5, 0.6) is 0 Å². The fourth-order valence-electron chi connectivity index (χ4n) is 10.2. The number of hydrogen-bond acceptors (Lipinski definition) is 3. The van der Waals surface area contributed by atoms with Crippen LogP contribution in [0.4, 0.5) is 0 Å². The fourth-order valence-corrected chi connectivity index (χ4v) is 11.6. The molecule has 10 atom stereocenters. The summed E-state index contributed by atoms with van der Waals surface area (Å²) >= 11 is 0. The average molecular weight is 545 g/mol. The molecule has 0 aromatic carbocycles. The first-order valence-corrected chi connectivity index (χ1v) is 18.9. The summed E-state index contributed by atoms with van der Waals surface area (Å²) in [6.45, 7) is 23.4. The van der Waals surface area contributed by atoms with Gasteiger partial charge in [0, 0.05) is 18.4 Å². The van der Waals surface area contributed by atoms with Crippen LogP contribution >= 0.6 is 0 Å². The fraction of sp³-hybridized carbons (Fsp3) is 0.941. The Hall–Kier alpha value is -0.343. The van der Waals surface area contributed by atoms with Gasteiger partial charge in [0.25, 0.3) is 0 Å². The first-order valence-electron chi connectivity index (χ1n) is 16.0. The Morgan fingerprint density at radius 1 is 0.921 bits per heavy atom. The second-order valence-electron chi connectivity index (χ2n) is 16.5. The Kier molecular flexibility index (Phi) is 8.20. The SMILES string of the molecule is CCCCC#CC(C)(O)[C@H]1CC[C@H]2[C@]3(C)C[C@H](O)[C@H]4CC(O[Si](C)(C)C(C)(C)C)CC[C@]4(C)[C@H]3CC[C@@]21C. The Morgan fingerprint density at radius 3 is 2.18 bits per heavy atom.